The van der Waals surface area contributed by atoms with E-state index >= 15 is 0 Å². The molecule has 0 amide bonds. The maximum atomic E-state index is 12.5. The number of alkyl halides is 3. The van der Waals surface area contributed by atoms with E-state index < -0.39 is 22.1 Å². The summed E-state index contributed by atoms with van der Waals surface area (Å²) in [7, 11) is -4.01. The van der Waals surface area contributed by atoms with Crippen LogP contribution in [0.15, 0.2) is 65.7 Å². The molecule has 0 bridgehead atoms. The molecule has 0 aliphatic carbocycles. The van der Waals surface area contributed by atoms with Crippen molar-refractivity contribution in [1.29, 1.82) is 0 Å². The number of hydrogen-bond acceptors (Lipinski definition) is 8. The molecule has 0 unspecified atom stereocenters. The Morgan fingerprint density at radius 2 is 1.62 bits per heavy atom. The number of benzene rings is 2. The van der Waals surface area contributed by atoms with E-state index in [-0.39, 0.29) is 10.6 Å². The summed E-state index contributed by atoms with van der Waals surface area (Å²) in [6.07, 6.45) is -3.18. The number of morpholine rings is 1. The first kappa shape index (κ1) is 23.6. The number of rotatable bonds is 7. The van der Waals surface area contributed by atoms with Crippen molar-refractivity contribution < 1.29 is 31.1 Å². The molecule has 1 fully saturated rings. The van der Waals surface area contributed by atoms with Gasteiger partial charge in [0.15, 0.2) is 5.82 Å². The van der Waals surface area contributed by atoms with E-state index in [2.05, 4.69) is 29.9 Å². The number of ether oxygens (including phenoxy) is 2. The van der Waals surface area contributed by atoms with Gasteiger partial charge in [0.25, 0.3) is 10.0 Å². The van der Waals surface area contributed by atoms with Gasteiger partial charge in [-0.3, -0.25) is 4.72 Å². The number of hydrogen-bond donors (Lipinski definition) is 2. The average molecular weight is 495 g/mol. The maximum Gasteiger partial charge on any atom is 0.573 e. The molecule has 0 radical (unpaired) electrons. The molecule has 1 aliphatic heterocycles. The molecule has 2 N–H and O–H groups in total. The van der Waals surface area contributed by atoms with Gasteiger partial charge in [-0.05, 0) is 48.5 Å². The van der Waals surface area contributed by atoms with Crippen LogP contribution in [0, 0.1) is 0 Å². The van der Waals surface area contributed by atoms with Crippen LogP contribution in [0.5, 0.6) is 5.75 Å². The zero-order valence-electron chi connectivity index (χ0n) is 17.6. The van der Waals surface area contributed by atoms with E-state index in [1.165, 1.54) is 0 Å². The molecule has 0 spiro atoms. The lowest BCUT2D eigenvalue weighted by molar-refractivity contribution is -0.274. The molecule has 2 heterocycles. The Labute approximate surface area is 193 Å². The number of halogens is 3. The summed E-state index contributed by atoms with van der Waals surface area (Å²) < 4.78 is 73.4. The first-order valence-electron chi connectivity index (χ1n) is 10.1. The molecular weight excluding hydrogens is 475 g/mol. The number of nitrogens with one attached hydrogen (secondary N) is 2. The molecule has 4 rings (SSSR count). The molecule has 3 aromatic rings. The first-order chi connectivity index (χ1) is 16.2. The average Bonchev–Trinajstić information content (AvgIpc) is 2.80. The number of sulfonamides is 1. The summed E-state index contributed by atoms with van der Waals surface area (Å²) in [6.45, 7) is 2.82. The van der Waals surface area contributed by atoms with Crippen LogP contribution in [-0.4, -0.2) is 51.3 Å². The highest BCUT2D eigenvalue weighted by Crippen LogP contribution is 2.26. The van der Waals surface area contributed by atoms with Crippen LogP contribution >= 0.6 is 0 Å². The zero-order chi connectivity index (χ0) is 24.2. The summed E-state index contributed by atoms with van der Waals surface area (Å²) >= 11 is 0. The smallest absolute Gasteiger partial charge is 0.406 e. The predicted octanol–water partition coefficient (Wildman–Crippen LogP) is 3.76. The lowest BCUT2D eigenvalue weighted by Crippen LogP contribution is -2.36. The van der Waals surface area contributed by atoms with Gasteiger partial charge in [0.05, 0.1) is 30.0 Å². The zero-order valence-corrected chi connectivity index (χ0v) is 18.4. The van der Waals surface area contributed by atoms with E-state index in [0.717, 1.165) is 43.0 Å². The standard InChI is InChI=1S/C21H20F3N5O4S/c22-21(23,24)33-18-5-7-19(8-6-18)34(30,31)28-16-3-1-15(2-4-16)26-20-13-17(14-25-27-20)29-9-11-32-12-10-29/h1-8,13-14,28H,9-12H2,(H,26,27). The molecule has 34 heavy (non-hydrogen) atoms. The molecule has 180 valence electrons. The molecule has 0 saturated carbocycles. The van der Waals surface area contributed by atoms with Crippen molar-refractivity contribution in [2.24, 2.45) is 0 Å². The Balaban J connectivity index is 1.40. The van der Waals surface area contributed by atoms with Crippen LogP contribution in [0.4, 0.5) is 36.1 Å². The Morgan fingerprint density at radius 1 is 0.971 bits per heavy atom. The van der Waals surface area contributed by atoms with Gasteiger partial charge in [0.2, 0.25) is 0 Å². The summed E-state index contributed by atoms with van der Waals surface area (Å²) in [6, 6.07) is 12.2. The minimum atomic E-state index is -4.86. The highest BCUT2D eigenvalue weighted by molar-refractivity contribution is 7.92. The van der Waals surface area contributed by atoms with Gasteiger partial charge in [0, 0.05) is 30.5 Å². The summed E-state index contributed by atoms with van der Waals surface area (Å²) in [5.41, 5.74) is 1.84. The highest BCUT2D eigenvalue weighted by Gasteiger charge is 2.31. The largest absolute Gasteiger partial charge is 0.573 e. The monoisotopic (exact) mass is 495 g/mol. The highest BCUT2D eigenvalue weighted by atomic mass is 32.2. The van der Waals surface area contributed by atoms with Crippen LogP contribution in [0.1, 0.15) is 0 Å². The first-order valence-corrected chi connectivity index (χ1v) is 11.6. The number of nitrogens with zero attached hydrogens (tertiary/aromatic N) is 3. The van der Waals surface area contributed by atoms with Crippen molar-refractivity contribution in [3.63, 3.8) is 0 Å². The normalized spacial score (nSPS) is 14.5. The van der Waals surface area contributed by atoms with Crippen LogP contribution in [-0.2, 0) is 14.8 Å². The van der Waals surface area contributed by atoms with Gasteiger partial charge in [-0.15, -0.1) is 18.3 Å². The van der Waals surface area contributed by atoms with Crippen molar-refractivity contribution >= 4 is 32.9 Å². The van der Waals surface area contributed by atoms with Crippen LogP contribution < -0.4 is 19.7 Å². The van der Waals surface area contributed by atoms with E-state index in [0.29, 0.717) is 24.7 Å². The van der Waals surface area contributed by atoms with Crippen molar-refractivity contribution in [1.82, 2.24) is 10.2 Å². The van der Waals surface area contributed by atoms with E-state index in [4.69, 9.17) is 4.74 Å². The van der Waals surface area contributed by atoms with E-state index in [9.17, 15) is 21.6 Å². The summed E-state index contributed by atoms with van der Waals surface area (Å²) in [5, 5.41) is 11.2. The van der Waals surface area contributed by atoms with Crippen molar-refractivity contribution in [3.05, 3.63) is 60.8 Å². The lowest BCUT2D eigenvalue weighted by atomic mass is 10.3. The number of aromatic nitrogens is 2. The van der Waals surface area contributed by atoms with E-state index in [1.807, 2.05) is 6.07 Å². The van der Waals surface area contributed by atoms with Gasteiger partial charge >= 0.3 is 6.36 Å². The maximum absolute atomic E-state index is 12.5. The van der Waals surface area contributed by atoms with Crippen LogP contribution in [0.25, 0.3) is 0 Å². The van der Waals surface area contributed by atoms with Gasteiger partial charge in [-0.1, -0.05) is 0 Å². The molecular formula is C21H20F3N5O4S. The molecule has 0 atom stereocenters. The van der Waals surface area contributed by atoms with Crippen LogP contribution in [0.3, 0.4) is 0 Å². The molecule has 1 saturated heterocycles. The number of anilines is 4. The minimum absolute atomic E-state index is 0.209. The summed E-state index contributed by atoms with van der Waals surface area (Å²) in [5.74, 6) is 0.0150. The van der Waals surface area contributed by atoms with Gasteiger partial charge in [-0.2, -0.15) is 5.10 Å². The van der Waals surface area contributed by atoms with Gasteiger partial charge < -0.3 is 19.7 Å². The fraction of sp³-hybridized carbons (Fsp3) is 0.238. The summed E-state index contributed by atoms with van der Waals surface area (Å²) in [4.78, 5) is 1.93. The van der Waals surface area contributed by atoms with Crippen molar-refractivity contribution in [2.75, 3.05) is 41.2 Å². The molecule has 1 aromatic heterocycles. The Kier molecular flexibility index (Phi) is 6.75. The fourth-order valence-corrected chi connectivity index (χ4v) is 4.27. The van der Waals surface area contributed by atoms with Crippen LogP contribution in [0.2, 0.25) is 0 Å². The van der Waals surface area contributed by atoms with Crippen molar-refractivity contribution in [3.8, 4) is 5.75 Å². The van der Waals surface area contributed by atoms with Gasteiger partial charge in [-0.25, -0.2) is 8.42 Å². The van der Waals surface area contributed by atoms with Gasteiger partial charge in [0.1, 0.15) is 5.75 Å². The SMILES string of the molecule is O=S(=O)(Nc1ccc(Nc2cc(N3CCOCC3)cnn2)cc1)c1ccc(OC(F)(F)F)cc1. The third kappa shape index (κ3) is 6.26. The molecule has 2 aromatic carbocycles. The second-order valence-electron chi connectivity index (χ2n) is 7.23. The third-order valence-corrected chi connectivity index (χ3v) is 6.19. The lowest BCUT2D eigenvalue weighted by Gasteiger charge is -2.28. The van der Waals surface area contributed by atoms with E-state index in [1.54, 1.807) is 30.5 Å². The predicted molar refractivity (Wildman–Crippen MR) is 119 cm³/mol. The molecule has 1 aliphatic rings. The van der Waals surface area contributed by atoms with Crippen molar-refractivity contribution in [2.45, 2.75) is 11.3 Å². The molecule has 9 nitrogen and oxygen atoms in total. The fourth-order valence-electron chi connectivity index (χ4n) is 3.22. The third-order valence-electron chi connectivity index (χ3n) is 4.79. The Hall–Kier alpha value is -3.58. The molecule has 13 heteroatoms. The Morgan fingerprint density at radius 3 is 2.26 bits per heavy atom. The quantitative estimate of drug-likeness (QED) is 0.511. The minimum Gasteiger partial charge on any atom is -0.406 e. The second kappa shape index (κ2) is 9.73. The Bertz CT molecular complexity index is 1220. The second-order valence-corrected chi connectivity index (χ2v) is 8.91. The topological polar surface area (TPSA) is 106 Å².